The van der Waals surface area contributed by atoms with E-state index in [2.05, 4.69) is 63.3 Å². The summed E-state index contributed by atoms with van der Waals surface area (Å²) >= 11 is 0. The third-order valence-corrected chi connectivity index (χ3v) is 7.49. The summed E-state index contributed by atoms with van der Waals surface area (Å²) in [5.74, 6) is 0.946. The van der Waals surface area contributed by atoms with Crippen LogP contribution in [0.25, 0.3) is 0 Å². The molecule has 3 aliphatic heterocycles. The van der Waals surface area contributed by atoms with Crippen molar-refractivity contribution in [3.05, 3.63) is 53.6 Å². The van der Waals surface area contributed by atoms with Gasteiger partial charge >= 0.3 is 0 Å². The maximum atomic E-state index is 13.5. The first kappa shape index (κ1) is 23.0. The van der Waals surface area contributed by atoms with Gasteiger partial charge in [-0.05, 0) is 37.1 Å². The standard InChI is InChI=1S/C27H36N4O3/c1-20-3-6-22(7-4-20)30-11-12-31-25-18-23(33-2)8-5-21(25)17-24(26(31)19-30)27(32)28-9-10-29-13-15-34-16-14-29/h3-8,18,24,26H,9-17,19H2,1-2H3,(H,28,32)/t24-,26-/m1/s1. The van der Waals surface area contributed by atoms with Crippen LogP contribution in [-0.2, 0) is 16.0 Å². The maximum absolute atomic E-state index is 13.5. The Morgan fingerprint density at radius 1 is 1.09 bits per heavy atom. The molecule has 34 heavy (non-hydrogen) atoms. The number of methoxy groups -OCH3 is 1. The molecular weight excluding hydrogens is 428 g/mol. The third-order valence-electron chi connectivity index (χ3n) is 7.49. The van der Waals surface area contributed by atoms with Crippen LogP contribution in [0.3, 0.4) is 0 Å². The minimum atomic E-state index is -0.0844. The molecule has 2 atom stereocenters. The number of piperazine rings is 1. The van der Waals surface area contributed by atoms with Crippen molar-refractivity contribution < 1.29 is 14.3 Å². The van der Waals surface area contributed by atoms with Crippen molar-refractivity contribution in [3.63, 3.8) is 0 Å². The summed E-state index contributed by atoms with van der Waals surface area (Å²) in [4.78, 5) is 20.7. The Balaban J connectivity index is 1.34. The van der Waals surface area contributed by atoms with Crippen LogP contribution >= 0.6 is 0 Å². The number of rotatable bonds is 6. The highest BCUT2D eigenvalue weighted by Gasteiger charge is 2.41. The van der Waals surface area contributed by atoms with Crippen LogP contribution in [0.15, 0.2) is 42.5 Å². The molecule has 2 aromatic rings. The number of fused-ring (bicyclic) bond motifs is 3. The number of hydrogen-bond donors (Lipinski definition) is 1. The summed E-state index contributed by atoms with van der Waals surface area (Å²) in [5.41, 5.74) is 4.94. The number of ether oxygens (including phenoxy) is 2. The predicted octanol–water partition coefficient (Wildman–Crippen LogP) is 2.32. The smallest absolute Gasteiger partial charge is 0.225 e. The van der Waals surface area contributed by atoms with E-state index in [1.807, 2.05) is 6.07 Å². The highest BCUT2D eigenvalue weighted by molar-refractivity contribution is 5.82. The molecule has 7 nitrogen and oxygen atoms in total. The molecule has 1 amide bonds. The molecule has 3 aliphatic rings. The lowest BCUT2D eigenvalue weighted by atomic mass is 9.83. The van der Waals surface area contributed by atoms with E-state index in [9.17, 15) is 4.79 Å². The minimum Gasteiger partial charge on any atom is -0.497 e. The normalized spacial score (nSPS) is 22.6. The van der Waals surface area contributed by atoms with Crippen LogP contribution in [0.4, 0.5) is 11.4 Å². The maximum Gasteiger partial charge on any atom is 0.225 e. The van der Waals surface area contributed by atoms with Gasteiger partial charge in [0.15, 0.2) is 0 Å². The fourth-order valence-corrected chi connectivity index (χ4v) is 5.49. The van der Waals surface area contributed by atoms with Gasteiger partial charge < -0.3 is 24.6 Å². The second-order valence-corrected chi connectivity index (χ2v) is 9.59. The molecule has 2 fully saturated rings. The zero-order valence-electron chi connectivity index (χ0n) is 20.3. The number of amides is 1. The Bertz CT molecular complexity index is 990. The lowest BCUT2D eigenvalue weighted by Crippen LogP contribution is -2.61. The number of benzene rings is 2. The van der Waals surface area contributed by atoms with Crippen LogP contribution in [0.1, 0.15) is 11.1 Å². The summed E-state index contributed by atoms with van der Waals surface area (Å²) < 4.78 is 11.0. The number of carbonyl (C=O) groups is 1. The molecule has 182 valence electrons. The summed E-state index contributed by atoms with van der Waals surface area (Å²) in [5, 5.41) is 3.26. The molecule has 0 saturated carbocycles. The molecule has 2 saturated heterocycles. The number of carbonyl (C=O) groups excluding carboxylic acids is 1. The highest BCUT2D eigenvalue weighted by atomic mass is 16.5. The average molecular weight is 465 g/mol. The molecule has 5 rings (SSSR count). The predicted molar refractivity (Wildman–Crippen MR) is 135 cm³/mol. The first-order valence-corrected chi connectivity index (χ1v) is 12.5. The Kier molecular flexibility index (Phi) is 6.92. The number of anilines is 2. The van der Waals surface area contributed by atoms with Gasteiger partial charge in [0, 0.05) is 63.3 Å². The fraction of sp³-hybridized carbons (Fsp3) is 0.519. The molecule has 7 heteroatoms. The minimum absolute atomic E-state index is 0.0844. The monoisotopic (exact) mass is 464 g/mol. The van der Waals surface area contributed by atoms with Crippen LogP contribution in [0.2, 0.25) is 0 Å². The van der Waals surface area contributed by atoms with Crippen molar-refractivity contribution in [2.24, 2.45) is 5.92 Å². The van der Waals surface area contributed by atoms with E-state index < -0.39 is 0 Å². The number of nitrogens with one attached hydrogen (secondary N) is 1. The summed E-state index contributed by atoms with van der Waals surface area (Å²) in [6, 6.07) is 15.1. The molecule has 0 aromatic heterocycles. The van der Waals surface area contributed by atoms with Crippen LogP contribution < -0.4 is 19.9 Å². The van der Waals surface area contributed by atoms with Gasteiger partial charge in [0.05, 0.1) is 32.3 Å². The molecular formula is C27H36N4O3. The molecule has 1 N–H and O–H groups in total. The largest absolute Gasteiger partial charge is 0.497 e. The molecule has 0 aliphatic carbocycles. The topological polar surface area (TPSA) is 57.3 Å². The fourth-order valence-electron chi connectivity index (χ4n) is 5.49. The molecule has 0 radical (unpaired) electrons. The number of nitrogens with zero attached hydrogens (tertiary/aromatic N) is 3. The van der Waals surface area contributed by atoms with Gasteiger partial charge in [-0.3, -0.25) is 9.69 Å². The first-order valence-electron chi connectivity index (χ1n) is 12.5. The zero-order valence-corrected chi connectivity index (χ0v) is 20.3. The molecule has 2 aromatic carbocycles. The number of morpholine rings is 1. The molecule has 0 unspecified atom stereocenters. The van der Waals surface area contributed by atoms with E-state index in [0.29, 0.717) is 6.54 Å². The van der Waals surface area contributed by atoms with Gasteiger partial charge in [0.25, 0.3) is 0 Å². The van der Waals surface area contributed by atoms with E-state index >= 15 is 0 Å². The Morgan fingerprint density at radius 3 is 2.65 bits per heavy atom. The van der Waals surface area contributed by atoms with E-state index in [4.69, 9.17) is 9.47 Å². The van der Waals surface area contributed by atoms with Gasteiger partial charge in [0.2, 0.25) is 5.91 Å². The zero-order chi connectivity index (χ0) is 23.5. The van der Waals surface area contributed by atoms with Gasteiger partial charge in [-0.1, -0.05) is 23.8 Å². The van der Waals surface area contributed by atoms with E-state index in [-0.39, 0.29) is 17.9 Å². The molecule has 0 spiro atoms. The van der Waals surface area contributed by atoms with E-state index in [1.165, 1.54) is 22.5 Å². The average Bonchev–Trinajstić information content (AvgIpc) is 2.88. The van der Waals surface area contributed by atoms with Gasteiger partial charge in [-0.2, -0.15) is 0 Å². The van der Waals surface area contributed by atoms with Gasteiger partial charge in [0.1, 0.15) is 5.75 Å². The molecule has 0 bridgehead atoms. The van der Waals surface area contributed by atoms with Crippen molar-refractivity contribution >= 4 is 17.3 Å². The van der Waals surface area contributed by atoms with Gasteiger partial charge in [-0.15, -0.1) is 0 Å². The van der Waals surface area contributed by atoms with Crippen molar-refractivity contribution in [2.75, 3.05) is 75.9 Å². The second-order valence-electron chi connectivity index (χ2n) is 9.59. The van der Waals surface area contributed by atoms with E-state index in [1.54, 1.807) is 7.11 Å². The van der Waals surface area contributed by atoms with Crippen LogP contribution in [0, 0.1) is 12.8 Å². The number of hydrogen-bond acceptors (Lipinski definition) is 6. The quantitative estimate of drug-likeness (QED) is 0.708. The van der Waals surface area contributed by atoms with Crippen molar-refractivity contribution in [1.82, 2.24) is 10.2 Å². The second kappa shape index (κ2) is 10.2. The van der Waals surface area contributed by atoms with Gasteiger partial charge in [-0.25, -0.2) is 0 Å². The Labute approximate surface area is 202 Å². The SMILES string of the molecule is COc1ccc2c(c1)N1CCN(c3ccc(C)cc3)C[C@@H]1[C@H](C(=O)NCCN1CCOCC1)C2. The first-order chi connectivity index (χ1) is 16.6. The summed E-state index contributed by atoms with van der Waals surface area (Å²) in [7, 11) is 1.71. The highest BCUT2D eigenvalue weighted by Crippen LogP contribution is 2.39. The third kappa shape index (κ3) is 4.86. The summed E-state index contributed by atoms with van der Waals surface area (Å²) in [6.07, 6.45) is 0.756. The van der Waals surface area contributed by atoms with Crippen molar-refractivity contribution in [3.8, 4) is 5.75 Å². The Hall–Kier alpha value is -2.77. The lowest BCUT2D eigenvalue weighted by molar-refractivity contribution is -0.125. The van der Waals surface area contributed by atoms with Crippen LogP contribution in [0.5, 0.6) is 5.75 Å². The molecule has 3 heterocycles. The lowest BCUT2D eigenvalue weighted by Gasteiger charge is -2.49. The summed E-state index contributed by atoms with van der Waals surface area (Å²) in [6.45, 7) is 9.76. The Morgan fingerprint density at radius 2 is 1.88 bits per heavy atom. The van der Waals surface area contributed by atoms with E-state index in [0.717, 1.165) is 64.7 Å². The van der Waals surface area contributed by atoms with Crippen molar-refractivity contribution in [1.29, 1.82) is 0 Å². The van der Waals surface area contributed by atoms with Crippen molar-refractivity contribution in [2.45, 2.75) is 19.4 Å². The number of aryl methyl sites for hydroxylation is 1. The van der Waals surface area contributed by atoms with Crippen LogP contribution in [-0.4, -0.2) is 83.0 Å².